The highest BCUT2D eigenvalue weighted by Gasteiger charge is 1.98. The first kappa shape index (κ1) is 12.9. The van der Waals surface area contributed by atoms with E-state index in [1.165, 1.54) is 6.07 Å². The Kier molecular flexibility index (Phi) is 6.53. The molecule has 1 rings (SSSR count). The quantitative estimate of drug-likeness (QED) is 0.691. The second kappa shape index (κ2) is 8.07. The molecule has 0 aliphatic rings. The Morgan fingerprint density at radius 3 is 2.75 bits per heavy atom. The van der Waals surface area contributed by atoms with Gasteiger partial charge < -0.3 is 14.8 Å². The molecule has 90 valence electrons. The van der Waals surface area contributed by atoms with Crippen molar-refractivity contribution in [3.05, 3.63) is 30.1 Å². The zero-order chi connectivity index (χ0) is 11.6. The molecule has 0 bridgehead atoms. The average Bonchev–Trinajstić information content (AvgIpc) is 2.30. The van der Waals surface area contributed by atoms with Gasteiger partial charge in [0.1, 0.15) is 5.82 Å². The number of methoxy groups -OCH3 is 1. The third-order valence-electron chi connectivity index (χ3n) is 2.09. The second-order valence-electron chi connectivity index (χ2n) is 3.37. The lowest BCUT2D eigenvalue weighted by molar-refractivity contribution is 0.0705. The molecule has 1 aromatic carbocycles. The lowest BCUT2D eigenvalue weighted by atomic mass is 10.3. The van der Waals surface area contributed by atoms with Crippen molar-refractivity contribution in [2.24, 2.45) is 0 Å². The van der Waals surface area contributed by atoms with Crippen molar-refractivity contribution >= 4 is 5.69 Å². The van der Waals surface area contributed by atoms with Crippen LogP contribution in [0, 0.1) is 5.82 Å². The first-order chi connectivity index (χ1) is 7.84. The summed E-state index contributed by atoms with van der Waals surface area (Å²) >= 11 is 0. The molecule has 0 aliphatic carbocycles. The first-order valence-electron chi connectivity index (χ1n) is 5.39. The first-order valence-corrected chi connectivity index (χ1v) is 5.39. The van der Waals surface area contributed by atoms with Gasteiger partial charge in [-0.3, -0.25) is 0 Å². The summed E-state index contributed by atoms with van der Waals surface area (Å²) in [5.41, 5.74) is 0.541. The minimum atomic E-state index is -0.220. The number of hydrogen-bond acceptors (Lipinski definition) is 3. The second-order valence-corrected chi connectivity index (χ2v) is 3.37. The monoisotopic (exact) mass is 227 g/mol. The molecule has 0 saturated carbocycles. The average molecular weight is 227 g/mol. The highest BCUT2D eigenvalue weighted by Crippen LogP contribution is 2.11. The SMILES string of the molecule is COCCOCCCNc1ccccc1F. The fourth-order valence-corrected chi connectivity index (χ4v) is 1.25. The van der Waals surface area contributed by atoms with E-state index in [4.69, 9.17) is 9.47 Å². The van der Waals surface area contributed by atoms with Crippen LogP contribution in [0.1, 0.15) is 6.42 Å². The summed E-state index contributed by atoms with van der Waals surface area (Å²) in [6.07, 6.45) is 0.845. The smallest absolute Gasteiger partial charge is 0.146 e. The Labute approximate surface area is 95.6 Å². The highest BCUT2D eigenvalue weighted by molar-refractivity contribution is 5.44. The van der Waals surface area contributed by atoms with Crippen molar-refractivity contribution in [2.45, 2.75) is 6.42 Å². The molecule has 0 fully saturated rings. The summed E-state index contributed by atoms with van der Waals surface area (Å²) in [6, 6.07) is 6.65. The molecule has 1 N–H and O–H groups in total. The Morgan fingerprint density at radius 2 is 2.00 bits per heavy atom. The number of nitrogens with one attached hydrogen (secondary N) is 1. The minimum absolute atomic E-state index is 0.220. The van der Waals surface area contributed by atoms with Crippen LogP contribution in [0.5, 0.6) is 0 Å². The van der Waals surface area contributed by atoms with E-state index in [9.17, 15) is 4.39 Å². The molecule has 1 aromatic rings. The van der Waals surface area contributed by atoms with E-state index in [0.717, 1.165) is 6.42 Å². The molecule has 0 heterocycles. The van der Waals surface area contributed by atoms with Crippen molar-refractivity contribution < 1.29 is 13.9 Å². The maximum Gasteiger partial charge on any atom is 0.146 e. The highest BCUT2D eigenvalue weighted by atomic mass is 19.1. The van der Waals surface area contributed by atoms with E-state index in [0.29, 0.717) is 32.1 Å². The third kappa shape index (κ3) is 5.09. The normalized spacial score (nSPS) is 10.4. The number of anilines is 1. The molecule has 0 unspecified atom stereocenters. The summed E-state index contributed by atoms with van der Waals surface area (Å²) in [6.45, 7) is 2.58. The van der Waals surface area contributed by atoms with Crippen LogP contribution < -0.4 is 5.32 Å². The van der Waals surface area contributed by atoms with Crippen molar-refractivity contribution in [1.29, 1.82) is 0 Å². The summed E-state index contributed by atoms with van der Waals surface area (Å²) in [5, 5.41) is 3.02. The van der Waals surface area contributed by atoms with Gasteiger partial charge in [-0.05, 0) is 18.6 Å². The zero-order valence-corrected chi connectivity index (χ0v) is 9.54. The Balaban J connectivity index is 2.05. The van der Waals surface area contributed by atoms with Crippen LogP contribution in [0.2, 0.25) is 0 Å². The van der Waals surface area contributed by atoms with Gasteiger partial charge in [0.25, 0.3) is 0 Å². The summed E-state index contributed by atoms with van der Waals surface area (Å²) < 4.78 is 23.3. The van der Waals surface area contributed by atoms with Gasteiger partial charge in [0.05, 0.1) is 18.9 Å². The maximum absolute atomic E-state index is 13.2. The van der Waals surface area contributed by atoms with Gasteiger partial charge in [-0.1, -0.05) is 12.1 Å². The fraction of sp³-hybridized carbons (Fsp3) is 0.500. The molecule has 0 atom stereocenters. The van der Waals surface area contributed by atoms with Crippen LogP contribution in [-0.2, 0) is 9.47 Å². The standard InChI is InChI=1S/C12H18FNO2/c1-15-9-10-16-8-4-7-14-12-6-3-2-5-11(12)13/h2-3,5-6,14H,4,7-10H2,1H3. The van der Waals surface area contributed by atoms with E-state index in [1.54, 1.807) is 25.3 Å². The molecule has 16 heavy (non-hydrogen) atoms. The van der Waals surface area contributed by atoms with Crippen LogP contribution in [0.15, 0.2) is 24.3 Å². The largest absolute Gasteiger partial charge is 0.383 e. The van der Waals surface area contributed by atoms with Gasteiger partial charge in [0, 0.05) is 20.3 Å². The molecule has 0 spiro atoms. The number of halogens is 1. The molecular weight excluding hydrogens is 209 g/mol. The summed E-state index contributed by atoms with van der Waals surface area (Å²) in [4.78, 5) is 0. The van der Waals surface area contributed by atoms with Crippen LogP contribution in [0.4, 0.5) is 10.1 Å². The molecule has 0 radical (unpaired) electrons. The van der Waals surface area contributed by atoms with Gasteiger partial charge in [0.15, 0.2) is 0 Å². The van der Waals surface area contributed by atoms with Crippen molar-refractivity contribution in [1.82, 2.24) is 0 Å². The van der Waals surface area contributed by atoms with E-state index < -0.39 is 0 Å². The number of benzene rings is 1. The van der Waals surface area contributed by atoms with E-state index >= 15 is 0 Å². The lowest BCUT2D eigenvalue weighted by Gasteiger charge is -2.07. The van der Waals surface area contributed by atoms with Gasteiger partial charge in [-0.15, -0.1) is 0 Å². The van der Waals surface area contributed by atoms with Crippen LogP contribution in [0.25, 0.3) is 0 Å². The van der Waals surface area contributed by atoms with Crippen molar-refractivity contribution in [3.63, 3.8) is 0 Å². The predicted molar refractivity (Wildman–Crippen MR) is 62.2 cm³/mol. The number of hydrogen-bond donors (Lipinski definition) is 1. The molecular formula is C12H18FNO2. The molecule has 0 aromatic heterocycles. The van der Waals surface area contributed by atoms with E-state index in [-0.39, 0.29) is 5.82 Å². The van der Waals surface area contributed by atoms with Gasteiger partial charge >= 0.3 is 0 Å². The van der Waals surface area contributed by atoms with E-state index in [2.05, 4.69) is 5.32 Å². The third-order valence-corrected chi connectivity index (χ3v) is 2.09. The van der Waals surface area contributed by atoms with Crippen LogP contribution in [0.3, 0.4) is 0 Å². The Morgan fingerprint density at radius 1 is 1.19 bits per heavy atom. The number of rotatable bonds is 8. The lowest BCUT2D eigenvalue weighted by Crippen LogP contribution is -2.09. The Bertz CT molecular complexity index is 294. The maximum atomic E-state index is 13.2. The van der Waals surface area contributed by atoms with Crippen LogP contribution >= 0.6 is 0 Å². The van der Waals surface area contributed by atoms with E-state index in [1.807, 2.05) is 0 Å². The summed E-state index contributed by atoms with van der Waals surface area (Å²) in [5.74, 6) is -0.220. The van der Waals surface area contributed by atoms with Crippen molar-refractivity contribution in [2.75, 3.05) is 38.8 Å². The van der Waals surface area contributed by atoms with Gasteiger partial charge in [-0.2, -0.15) is 0 Å². The molecule has 3 nitrogen and oxygen atoms in total. The van der Waals surface area contributed by atoms with Crippen LogP contribution in [-0.4, -0.2) is 33.5 Å². The predicted octanol–water partition coefficient (Wildman–Crippen LogP) is 2.29. The Hall–Kier alpha value is -1.13. The molecule has 0 aliphatic heterocycles. The summed E-state index contributed by atoms with van der Waals surface area (Å²) in [7, 11) is 1.64. The number of para-hydroxylation sites is 1. The fourth-order valence-electron chi connectivity index (χ4n) is 1.25. The molecule has 4 heteroatoms. The van der Waals surface area contributed by atoms with Gasteiger partial charge in [0.2, 0.25) is 0 Å². The zero-order valence-electron chi connectivity index (χ0n) is 9.54. The molecule has 0 amide bonds. The number of ether oxygens (including phenoxy) is 2. The topological polar surface area (TPSA) is 30.5 Å². The molecule has 0 saturated heterocycles. The van der Waals surface area contributed by atoms with Gasteiger partial charge in [-0.25, -0.2) is 4.39 Å². The van der Waals surface area contributed by atoms with Crippen molar-refractivity contribution in [3.8, 4) is 0 Å². The minimum Gasteiger partial charge on any atom is -0.383 e.